The van der Waals surface area contributed by atoms with Gasteiger partial charge in [0, 0.05) is 36.5 Å². The number of amides is 2. The molecule has 0 aliphatic carbocycles. The number of hydrogen-bond donors (Lipinski definition) is 1. The Labute approximate surface area is 221 Å². The third-order valence-electron chi connectivity index (χ3n) is 6.11. The lowest BCUT2D eigenvalue weighted by atomic mass is 10.0. The number of nitrogens with zero attached hydrogens (tertiary/aromatic N) is 1. The van der Waals surface area contributed by atoms with Crippen molar-refractivity contribution in [2.75, 3.05) is 20.3 Å². The van der Waals surface area contributed by atoms with Crippen LogP contribution in [0.15, 0.2) is 66.7 Å². The van der Waals surface area contributed by atoms with Gasteiger partial charge in [0.2, 0.25) is 11.8 Å². The first-order chi connectivity index (χ1) is 17.4. The van der Waals surface area contributed by atoms with Gasteiger partial charge >= 0.3 is 0 Å². The molecule has 0 aromatic heterocycles. The Morgan fingerprint density at radius 2 is 1.69 bits per heavy atom. The van der Waals surface area contributed by atoms with Crippen LogP contribution in [0.3, 0.4) is 0 Å². The molecular formula is C28H28Cl2N2O4. The molecule has 1 atom stereocenters. The highest BCUT2D eigenvalue weighted by Crippen LogP contribution is 2.31. The molecule has 0 saturated heterocycles. The van der Waals surface area contributed by atoms with E-state index in [2.05, 4.69) is 5.32 Å². The molecule has 1 unspecified atom stereocenters. The molecular weight excluding hydrogens is 499 g/mol. The van der Waals surface area contributed by atoms with Crippen LogP contribution in [0.1, 0.15) is 23.1 Å². The van der Waals surface area contributed by atoms with Gasteiger partial charge in [-0.1, -0.05) is 65.7 Å². The van der Waals surface area contributed by atoms with E-state index < -0.39 is 6.04 Å². The van der Waals surface area contributed by atoms with Gasteiger partial charge in [0.1, 0.15) is 19.3 Å². The van der Waals surface area contributed by atoms with Crippen LogP contribution < -0.4 is 14.8 Å². The number of halogens is 2. The highest BCUT2D eigenvalue weighted by Gasteiger charge is 2.30. The molecule has 6 nitrogen and oxygen atoms in total. The summed E-state index contributed by atoms with van der Waals surface area (Å²) < 4.78 is 11.3. The maximum absolute atomic E-state index is 13.7. The van der Waals surface area contributed by atoms with E-state index in [0.717, 1.165) is 16.7 Å². The van der Waals surface area contributed by atoms with E-state index in [9.17, 15) is 9.59 Å². The number of carbonyl (C=O) groups excluding carboxylic acids is 2. The Hall–Kier alpha value is -3.22. The van der Waals surface area contributed by atoms with Crippen LogP contribution in [0.4, 0.5) is 0 Å². The second-order valence-corrected chi connectivity index (χ2v) is 9.40. The van der Waals surface area contributed by atoms with Crippen LogP contribution in [0.2, 0.25) is 10.0 Å². The van der Waals surface area contributed by atoms with E-state index >= 15 is 0 Å². The molecule has 1 heterocycles. The zero-order chi connectivity index (χ0) is 25.5. The first-order valence-electron chi connectivity index (χ1n) is 11.8. The molecule has 4 rings (SSSR count). The van der Waals surface area contributed by atoms with E-state index in [4.69, 9.17) is 32.7 Å². The molecule has 8 heteroatoms. The van der Waals surface area contributed by atoms with Gasteiger partial charge < -0.3 is 19.7 Å². The molecule has 3 aromatic carbocycles. The van der Waals surface area contributed by atoms with Crippen LogP contribution in [0.25, 0.3) is 0 Å². The summed E-state index contributed by atoms with van der Waals surface area (Å²) in [4.78, 5) is 28.3. The quantitative estimate of drug-likeness (QED) is 0.422. The zero-order valence-corrected chi connectivity index (χ0v) is 21.5. The van der Waals surface area contributed by atoms with Crippen LogP contribution >= 0.6 is 23.2 Å². The molecule has 2 amide bonds. The summed E-state index contributed by atoms with van der Waals surface area (Å²) in [6, 6.07) is 19.8. The summed E-state index contributed by atoms with van der Waals surface area (Å²) in [7, 11) is 1.58. The summed E-state index contributed by atoms with van der Waals surface area (Å²) in [6.45, 7) is 1.20. The van der Waals surface area contributed by atoms with Gasteiger partial charge in [-0.05, 0) is 47.4 Å². The van der Waals surface area contributed by atoms with E-state index in [1.165, 1.54) is 0 Å². The van der Waals surface area contributed by atoms with Gasteiger partial charge in [0.15, 0.2) is 11.5 Å². The van der Waals surface area contributed by atoms with Gasteiger partial charge in [0.25, 0.3) is 0 Å². The minimum atomic E-state index is -0.711. The first-order valence-corrected chi connectivity index (χ1v) is 12.6. The lowest BCUT2D eigenvalue weighted by Crippen LogP contribution is -2.49. The van der Waals surface area contributed by atoms with Crippen molar-refractivity contribution >= 4 is 35.0 Å². The fourth-order valence-electron chi connectivity index (χ4n) is 4.19. The number of ether oxygens (including phenoxy) is 2. The van der Waals surface area contributed by atoms with E-state index in [-0.39, 0.29) is 24.8 Å². The molecule has 1 N–H and O–H groups in total. The third kappa shape index (κ3) is 6.50. The number of likely N-dealkylation sites (N-methyl/N-ethyl adjacent to an activating group) is 1. The SMILES string of the molecule is CNC(=O)C(Cc1ccccc1)N(Cc1ccc(Cl)cc1Cl)C(=O)CCc1ccc2c(c1)OCCO2. The molecule has 1 aliphatic rings. The average molecular weight is 527 g/mol. The fourth-order valence-corrected chi connectivity index (χ4v) is 4.66. The predicted octanol–water partition coefficient (Wildman–Crippen LogP) is 5.08. The molecule has 0 radical (unpaired) electrons. The maximum atomic E-state index is 13.7. The fraction of sp³-hybridized carbons (Fsp3) is 0.286. The van der Waals surface area contributed by atoms with Crippen molar-refractivity contribution in [2.45, 2.75) is 31.8 Å². The first kappa shape index (κ1) is 25.9. The number of benzene rings is 3. The predicted molar refractivity (Wildman–Crippen MR) is 141 cm³/mol. The van der Waals surface area contributed by atoms with Crippen molar-refractivity contribution in [2.24, 2.45) is 0 Å². The Kier molecular flexibility index (Phi) is 8.73. The lowest BCUT2D eigenvalue weighted by molar-refractivity contribution is -0.141. The number of rotatable bonds is 9. The van der Waals surface area contributed by atoms with Crippen LogP contribution in [-0.2, 0) is 29.0 Å². The van der Waals surface area contributed by atoms with Gasteiger partial charge in [-0.25, -0.2) is 0 Å². The standard InChI is InChI=1S/C28H28Cl2N2O4/c1-31-28(34)24(15-19-5-3-2-4-6-19)32(18-21-9-10-22(29)17-23(21)30)27(33)12-8-20-7-11-25-26(16-20)36-14-13-35-25/h2-7,9-11,16-17,24H,8,12-15,18H2,1H3,(H,31,34). The molecule has 0 spiro atoms. The number of aryl methyl sites for hydroxylation is 1. The van der Waals surface area contributed by atoms with Crippen molar-refractivity contribution < 1.29 is 19.1 Å². The van der Waals surface area contributed by atoms with Gasteiger partial charge in [-0.2, -0.15) is 0 Å². The number of hydrogen-bond acceptors (Lipinski definition) is 4. The highest BCUT2D eigenvalue weighted by atomic mass is 35.5. The summed E-state index contributed by atoms with van der Waals surface area (Å²) in [5, 5.41) is 3.67. The molecule has 3 aromatic rings. The lowest BCUT2D eigenvalue weighted by Gasteiger charge is -2.31. The molecule has 1 aliphatic heterocycles. The van der Waals surface area contributed by atoms with E-state index in [0.29, 0.717) is 47.6 Å². The minimum Gasteiger partial charge on any atom is -0.486 e. The number of nitrogens with one attached hydrogen (secondary N) is 1. The van der Waals surface area contributed by atoms with Gasteiger partial charge in [-0.15, -0.1) is 0 Å². The van der Waals surface area contributed by atoms with Crippen molar-refractivity contribution in [3.8, 4) is 11.5 Å². The summed E-state index contributed by atoms with van der Waals surface area (Å²) in [5.41, 5.74) is 2.63. The van der Waals surface area contributed by atoms with Crippen molar-refractivity contribution in [1.82, 2.24) is 10.2 Å². The Morgan fingerprint density at radius 1 is 0.944 bits per heavy atom. The number of fused-ring (bicyclic) bond motifs is 1. The van der Waals surface area contributed by atoms with Crippen molar-refractivity contribution in [1.29, 1.82) is 0 Å². The normalized spacial score (nSPS) is 13.1. The van der Waals surface area contributed by atoms with Gasteiger partial charge in [-0.3, -0.25) is 9.59 Å². The molecule has 0 bridgehead atoms. The van der Waals surface area contributed by atoms with E-state index in [1.54, 1.807) is 30.1 Å². The third-order valence-corrected chi connectivity index (χ3v) is 6.69. The minimum absolute atomic E-state index is 0.152. The maximum Gasteiger partial charge on any atom is 0.242 e. The van der Waals surface area contributed by atoms with Crippen LogP contribution in [-0.4, -0.2) is 43.0 Å². The summed E-state index contributed by atoms with van der Waals surface area (Å²) in [5.74, 6) is 0.998. The summed E-state index contributed by atoms with van der Waals surface area (Å²) in [6.07, 6.45) is 1.08. The van der Waals surface area contributed by atoms with Gasteiger partial charge in [0.05, 0.1) is 0 Å². The Bertz CT molecular complexity index is 1220. The van der Waals surface area contributed by atoms with Crippen LogP contribution in [0, 0.1) is 0 Å². The largest absolute Gasteiger partial charge is 0.486 e. The Balaban J connectivity index is 1.59. The molecule has 36 heavy (non-hydrogen) atoms. The molecule has 0 saturated carbocycles. The van der Waals surface area contributed by atoms with E-state index in [1.807, 2.05) is 48.5 Å². The zero-order valence-electron chi connectivity index (χ0n) is 20.0. The highest BCUT2D eigenvalue weighted by molar-refractivity contribution is 6.35. The van der Waals surface area contributed by atoms with Crippen LogP contribution in [0.5, 0.6) is 11.5 Å². The second-order valence-electron chi connectivity index (χ2n) is 8.56. The molecule has 0 fully saturated rings. The average Bonchev–Trinajstić information content (AvgIpc) is 2.90. The van der Waals surface area contributed by atoms with Crippen molar-refractivity contribution in [3.05, 3.63) is 93.5 Å². The van der Waals surface area contributed by atoms with Crippen molar-refractivity contribution in [3.63, 3.8) is 0 Å². The smallest absolute Gasteiger partial charge is 0.242 e. The Morgan fingerprint density at radius 3 is 2.42 bits per heavy atom. The number of carbonyl (C=O) groups is 2. The topological polar surface area (TPSA) is 67.9 Å². The second kappa shape index (κ2) is 12.2. The summed E-state index contributed by atoms with van der Waals surface area (Å²) >= 11 is 12.5. The monoisotopic (exact) mass is 526 g/mol. The molecule has 188 valence electrons.